The second-order valence-corrected chi connectivity index (χ2v) is 6.80. The minimum Gasteiger partial charge on any atom is -0.309 e. The Kier molecular flexibility index (Phi) is 5.83. The van der Waals surface area contributed by atoms with E-state index < -0.39 is 0 Å². The lowest BCUT2D eigenvalue weighted by atomic mass is 9.93. The Bertz CT molecular complexity index is 445. The topological polar surface area (TPSA) is 15.3 Å². The Labute approximate surface area is 130 Å². The van der Waals surface area contributed by atoms with Crippen LogP contribution < -0.4 is 5.32 Å². The standard InChI is InChI=1S/C19H32N2/c1-6-20-19(18-12-14(2)10-11-15(18)3)13-21-16(4)8-7-9-17(21)5/h10-12,16-17,19-20H,6-9,13H2,1-5H3. The van der Waals surface area contributed by atoms with Crippen molar-refractivity contribution in [2.75, 3.05) is 13.1 Å². The van der Waals surface area contributed by atoms with Gasteiger partial charge in [0.25, 0.3) is 0 Å². The van der Waals surface area contributed by atoms with Crippen molar-refractivity contribution >= 4 is 0 Å². The number of nitrogens with zero attached hydrogens (tertiary/aromatic N) is 1. The Morgan fingerprint density at radius 1 is 1.19 bits per heavy atom. The van der Waals surface area contributed by atoms with Crippen LogP contribution in [0.4, 0.5) is 0 Å². The maximum Gasteiger partial charge on any atom is 0.0452 e. The number of likely N-dealkylation sites (tertiary alicyclic amines) is 1. The Morgan fingerprint density at radius 2 is 1.86 bits per heavy atom. The molecule has 3 unspecified atom stereocenters. The zero-order valence-electron chi connectivity index (χ0n) is 14.4. The summed E-state index contributed by atoms with van der Waals surface area (Å²) < 4.78 is 0. The highest BCUT2D eigenvalue weighted by molar-refractivity contribution is 5.33. The molecule has 2 rings (SSSR count). The van der Waals surface area contributed by atoms with Crippen molar-refractivity contribution in [1.29, 1.82) is 0 Å². The van der Waals surface area contributed by atoms with Crippen molar-refractivity contribution in [3.63, 3.8) is 0 Å². The molecule has 21 heavy (non-hydrogen) atoms. The molecule has 0 amide bonds. The second-order valence-electron chi connectivity index (χ2n) is 6.80. The van der Waals surface area contributed by atoms with Crippen LogP contribution in [-0.4, -0.2) is 30.1 Å². The van der Waals surface area contributed by atoms with Gasteiger partial charge < -0.3 is 5.32 Å². The van der Waals surface area contributed by atoms with Gasteiger partial charge in [-0.2, -0.15) is 0 Å². The average molecular weight is 288 g/mol. The Hall–Kier alpha value is -0.860. The van der Waals surface area contributed by atoms with E-state index >= 15 is 0 Å². The summed E-state index contributed by atoms with van der Waals surface area (Å²) in [4.78, 5) is 2.71. The van der Waals surface area contributed by atoms with Crippen LogP contribution in [0.3, 0.4) is 0 Å². The fourth-order valence-electron chi connectivity index (χ4n) is 3.70. The van der Waals surface area contributed by atoms with Gasteiger partial charge in [0.1, 0.15) is 0 Å². The van der Waals surface area contributed by atoms with Gasteiger partial charge >= 0.3 is 0 Å². The fraction of sp³-hybridized carbons (Fsp3) is 0.684. The van der Waals surface area contributed by atoms with Gasteiger partial charge in [0, 0.05) is 24.7 Å². The smallest absolute Gasteiger partial charge is 0.0452 e. The highest BCUT2D eigenvalue weighted by Crippen LogP contribution is 2.27. The van der Waals surface area contributed by atoms with Crippen LogP contribution in [0, 0.1) is 13.8 Å². The quantitative estimate of drug-likeness (QED) is 0.873. The average Bonchev–Trinajstić information content (AvgIpc) is 2.44. The molecule has 0 bridgehead atoms. The number of benzene rings is 1. The van der Waals surface area contributed by atoms with Crippen molar-refractivity contribution in [2.45, 2.75) is 72.0 Å². The predicted octanol–water partition coefficient (Wildman–Crippen LogP) is 4.22. The molecule has 1 saturated heterocycles. The van der Waals surface area contributed by atoms with Gasteiger partial charge in [-0.3, -0.25) is 4.90 Å². The lowest BCUT2D eigenvalue weighted by Crippen LogP contribution is -2.47. The van der Waals surface area contributed by atoms with Gasteiger partial charge in [-0.15, -0.1) is 0 Å². The first-order valence-electron chi connectivity index (χ1n) is 8.59. The van der Waals surface area contributed by atoms with Crippen LogP contribution in [-0.2, 0) is 0 Å². The molecule has 1 heterocycles. The van der Waals surface area contributed by atoms with Gasteiger partial charge in [0.2, 0.25) is 0 Å². The van der Waals surface area contributed by atoms with Crippen LogP contribution >= 0.6 is 0 Å². The minimum atomic E-state index is 0.442. The van der Waals surface area contributed by atoms with E-state index in [0.717, 1.165) is 13.1 Å². The van der Waals surface area contributed by atoms with E-state index in [-0.39, 0.29) is 0 Å². The molecule has 1 aliphatic heterocycles. The third kappa shape index (κ3) is 4.08. The first-order valence-corrected chi connectivity index (χ1v) is 8.59. The van der Waals surface area contributed by atoms with E-state index in [1.54, 1.807) is 0 Å². The molecule has 0 aromatic heterocycles. The molecule has 1 aliphatic rings. The SMILES string of the molecule is CCNC(CN1C(C)CCCC1C)c1cc(C)ccc1C. The molecule has 1 aromatic rings. The fourth-order valence-corrected chi connectivity index (χ4v) is 3.70. The molecule has 1 fully saturated rings. The second kappa shape index (κ2) is 7.42. The van der Waals surface area contributed by atoms with E-state index in [2.05, 4.69) is 63.0 Å². The van der Waals surface area contributed by atoms with Crippen LogP contribution in [0.15, 0.2) is 18.2 Å². The van der Waals surface area contributed by atoms with E-state index in [1.165, 1.54) is 36.0 Å². The minimum absolute atomic E-state index is 0.442. The molecule has 3 atom stereocenters. The van der Waals surface area contributed by atoms with Gasteiger partial charge in [-0.25, -0.2) is 0 Å². The summed E-state index contributed by atoms with van der Waals surface area (Å²) in [6, 6.07) is 8.70. The molecule has 118 valence electrons. The summed E-state index contributed by atoms with van der Waals surface area (Å²) in [6.45, 7) is 13.6. The monoisotopic (exact) mass is 288 g/mol. The summed E-state index contributed by atoms with van der Waals surface area (Å²) in [5, 5.41) is 3.71. The number of aryl methyl sites for hydroxylation is 2. The van der Waals surface area contributed by atoms with E-state index in [4.69, 9.17) is 0 Å². The van der Waals surface area contributed by atoms with Crippen molar-refractivity contribution in [2.24, 2.45) is 0 Å². The van der Waals surface area contributed by atoms with E-state index in [9.17, 15) is 0 Å². The maximum atomic E-state index is 3.71. The molecule has 2 heteroatoms. The molecular weight excluding hydrogens is 256 g/mol. The number of hydrogen-bond donors (Lipinski definition) is 1. The van der Waals surface area contributed by atoms with Crippen molar-refractivity contribution in [3.8, 4) is 0 Å². The molecule has 2 nitrogen and oxygen atoms in total. The van der Waals surface area contributed by atoms with Crippen LogP contribution in [0.5, 0.6) is 0 Å². The number of piperidine rings is 1. The third-order valence-corrected chi connectivity index (χ3v) is 5.03. The van der Waals surface area contributed by atoms with Gasteiger partial charge in [0.05, 0.1) is 0 Å². The zero-order chi connectivity index (χ0) is 15.4. The largest absolute Gasteiger partial charge is 0.309 e. The number of rotatable bonds is 5. The van der Waals surface area contributed by atoms with Gasteiger partial charge in [-0.1, -0.05) is 37.1 Å². The molecule has 0 radical (unpaired) electrons. The lowest BCUT2D eigenvalue weighted by Gasteiger charge is -2.41. The summed E-state index contributed by atoms with van der Waals surface area (Å²) in [6.07, 6.45) is 4.07. The molecule has 1 N–H and O–H groups in total. The first kappa shape index (κ1) is 16.5. The maximum absolute atomic E-state index is 3.71. The molecule has 1 aromatic carbocycles. The Morgan fingerprint density at radius 3 is 2.48 bits per heavy atom. The van der Waals surface area contributed by atoms with Crippen LogP contribution in [0.1, 0.15) is 62.8 Å². The molecule has 0 spiro atoms. The first-order chi connectivity index (χ1) is 10.0. The number of likely N-dealkylation sites (N-methyl/N-ethyl adjacent to an activating group) is 1. The van der Waals surface area contributed by atoms with E-state index in [0.29, 0.717) is 18.1 Å². The van der Waals surface area contributed by atoms with Gasteiger partial charge in [0.15, 0.2) is 0 Å². The number of hydrogen-bond acceptors (Lipinski definition) is 2. The summed E-state index contributed by atoms with van der Waals surface area (Å²) in [5.74, 6) is 0. The van der Waals surface area contributed by atoms with Crippen molar-refractivity contribution < 1.29 is 0 Å². The van der Waals surface area contributed by atoms with Crippen LogP contribution in [0.2, 0.25) is 0 Å². The highest BCUT2D eigenvalue weighted by atomic mass is 15.2. The van der Waals surface area contributed by atoms with E-state index in [1.807, 2.05) is 0 Å². The summed E-state index contributed by atoms with van der Waals surface area (Å²) in [5.41, 5.74) is 4.24. The van der Waals surface area contributed by atoms with Crippen molar-refractivity contribution in [1.82, 2.24) is 10.2 Å². The third-order valence-electron chi connectivity index (χ3n) is 5.03. The normalized spacial score (nSPS) is 25.0. The molecule has 0 saturated carbocycles. The predicted molar refractivity (Wildman–Crippen MR) is 91.8 cm³/mol. The molecular formula is C19H32N2. The summed E-state index contributed by atoms with van der Waals surface area (Å²) >= 11 is 0. The number of nitrogens with one attached hydrogen (secondary N) is 1. The summed E-state index contributed by atoms with van der Waals surface area (Å²) in [7, 11) is 0. The molecule has 0 aliphatic carbocycles. The zero-order valence-corrected chi connectivity index (χ0v) is 14.4. The Balaban J connectivity index is 2.20. The highest BCUT2D eigenvalue weighted by Gasteiger charge is 2.27. The van der Waals surface area contributed by atoms with Crippen molar-refractivity contribution in [3.05, 3.63) is 34.9 Å². The van der Waals surface area contributed by atoms with Crippen LogP contribution in [0.25, 0.3) is 0 Å². The van der Waals surface area contributed by atoms with Gasteiger partial charge in [-0.05, 0) is 58.2 Å². The lowest BCUT2D eigenvalue weighted by molar-refractivity contribution is 0.0910.